The predicted octanol–water partition coefficient (Wildman–Crippen LogP) is 3.51. The highest BCUT2D eigenvalue weighted by Crippen LogP contribution is 2.40. The molecule has 1 aromatic heterocycles. The zero-order valence-electron chi connectivity index (χ0n) is 21.9. The van der Waals surface area contributed by atoms with Crippen LogP contribution in [0, 0.1) is 5.92 Å². The van der Waals surface area contributed by atoms with Crippen LogP contribution in [0.2, 0.25) is 0 Å². The van der Waals surface area contributed by atoms with E-state index >= 15 is 0 Å². The van der Waals surface area contributed by atoms with Gasteiger partial charge in [-0.15, -0.1) is 0 Å². The van der Waals surface area contributed by atoms with Gasteiger partial charge in [0.15, 0.2) is 10.8 Å². The monoisotopic (exact) mass is 545 g/mol. The number of piperazine rings is 1. The predicted molar refractivity (Wildman–Crippen MR) is 135 cm³/mol. The van der Waals surface area contributed by atoms with Gasteiger partial charge in [-0.3, -0.25) is 14.5 Å². The van der Waals surface area contributed by atoms with Gasteiger partial charge in [0.1, 0.15) is 11.6 Å². The van der Waals surface area contributed by atoms with Gasteiger partial charge in [-0.2, -0.15) is 13.2 Å². The normalized spacial score (nSPS) is 23.3. The molecule has 0 bridgehead atoms. The number of alkyl halides is 3. The van der Waals surface area contributed by atoms with Crippen molar-refractivity contribution in [2.45, 2.75) is 77.2 Å². The van der Waals surface area contributed by atoms with E-state index in [0.717, 1.165) is 24.2 Å². The number of hydrogen-bond donors (Lipinski definition) is 1. The summed E-state index contributed by atoms with van der Waals surface area (Å²) in [4.78, 5) is 36.6. The van der Waals surface area contributed by atoms with Crippen molar-refractivity contribution in [3.63, 3.8) is 0 Å². The van der Waals surface area contributed by atoms with Crippen LogP contribution in [0.5, 0.6) is 0 Å². The van der Waals surface area contributed by atoms with Gasteiger partial charge in [-0.1, -0.05) is 38.5 Å². The highest BCUT2D eigenvalue weighted by Gasteiger charge is 2.53. The molecule has 4 rings (SSSR count). The van der Waals surface area contributed by atoms with Crippen molar-refractivity contribution in [3.05, 3.63) is 10.6 Å². The summed E-state index contributed by atoms with van der Waals surface area (Å²) in [5, 5.41) is 3.35. The molecule has 12 heteroatoms. The third-order valence-electron chi connectivity index (χ3n) is 7.54. The van der Waals surface area contributed by atoms with E-state index in [1.54, 1.807) is 4.90 Å². The van der Waals surface area contributed by atoms with E-state index < -0.39 is 23.5 Å². The number of carbonyl (C=O) groups is 2. The molecule has 4 heterocycles. The SMILES string of the molecule is CCCCN1C(=O)C(CC(C)C)NC(=O)C12CCN(Cc1sc(N3CCOCC3)nc1C(F)(F)F)CC2. The second-order valence-corrected chi connectivity index (χ2v) is 11.7. The molecule has 3 saturated heterocycles. The van der Waals surface area contributed by atoms with E-state index in [0.29, 0.717) is 70.3 Å². The molecule has 8 nitrogen and oxygen atoms in total. The maximum absolute atomic E-state index is 13.8. The highest BCUT2D eigenvalue weighted by atomic mass is 32.1. The Morgan fingerprint density at radius 3 is 2.43 bits per heavy atom. The van der Waals surface area contributed by atoms with E-state index in [1.807, 2.05) is 30.6 Å². The Morgan fingerprint density at radius 2 is 1.84 bits per heavy atom. The van der Waals surface area contributed by atoms with Crippen molar-refractivity contribution in [2.24, 2.45) is 5.92 Å². The first-order valence-corrected chi connectivity index (χ1v) is 14.1. The van der Waals surface area contributed by atoms with Crippen LogP contribution >= 0.6 is 11.3 Å². The lowest BCUT2D eigenvalue weighted by molar-refractivity contribution is -0.162. The molecule has 37 heavy (non-hydrogen) atoms. The molecule has 0 aromatic carbocycles. The minimum atomic E-state index is -4.54. The van der Waals surface area contributed by atoms with Crippen LogP contribution in [0.4, 0.5) is 18.3 Å². The Hall–Kier alpha value is -1.92. The largest absolute Gasteiger partial charge is 0.434 e. The van der Waals surface area contributed by atoms with Gasteiger partial charge in [0.2, 0.25) is 11.8 Å². The number of carbonyl (C=O) groups excluding carboxylic acids is 2. The van der Waals surface area contributed by atoms with E-state index in [-0.39, 0.29) is 29.2 Å². The average molecular weight is 546 g/mol. The molecule has 1 aromatic rings. The molecule has 3 fully saturated rings. The summed E-state index contributed by atoms with van der Waals surface area (Å²) in [6.45, 7) is 9.58. The number of piperidine rings is 1. The van der Waals surface area contributed by atoms with Gasteiger partial charge >= 0.3 is 6.18 Å². The lowest BCUT2D eigenvalue weighted by atomic mass is 9.80. The van der Waals surface area contributed by atoms with Gasteiger partial charge in [-0.25, -0.2) is 4.98 Å². The highest BCUT2D eigenvalue weighted by molar-refractivity contribution is 7.15. The first-order chi connectivity index (χ1) is 17.5. The molecule has 0 saturated carbocycles. The number of amides is 2. The number of hydrogen-bond acceptors (Lipinski definition) is 7. The van der Waals surface area contributed by atoms with Gasteiger partial charge in [-0.05, 0) is 31.6 Å². The molecule has 3 aliphatic rings. The van der Waals surface area contributed by atoms with Crippen molar-refractivity contribution in [3.8, 4) is 0 Å². The molecule has 2 amide bonds. The number of halogens is 3. The summed E-state index contributed by atoms with van der Waals surface area (Å²) in [6.07, 6.45) is -1.44. The zero-order chi connectivity index (χ0) is 26.8. The van der Waals surface area contributed by atoms with Crippen molar-refractivity contribution in [1.82, 2.24) is 20.1 Å². The van der Waals surface area contributed by atoms with Crippen LogP contribution in [-0.4, -0.2) is 84.1 Å². The first-order valence-electron chi connectivity index (χ1n) is 13.3. The van der Waals surface area contributed by atoms with Crippen molar-refractivity contribution in [2.75, 3.05) is 50.8 Å². The summed E-state index contributed by atoms with van der Waals surface area (Å²) in [5.74, 6) is 0.104. The smallest absolute Gasteiger partial charge is 0.378 e. The molecule has 1 spiro atoms. The van der Waals surface area contributed by atoms with Crippen LogP contribution in [0.15, 0.2) is 0 Å². The van der Waals surface area contributed by atoms with Crippen LogP contribution in [-0.2, 0) is 27.0 Å². The summed E-state index contributed by atoms with van der Waals surface area (Å²) in [6, 6.07) is -0.516. The quantitative estimate of drug-likeness (QED) is 0.539. The van der Waals surface area contributed by atoms with Gasteiger partial charge in [0, 0.05) is 39.3 Å². The Kier molecular flexibility index (Phi) is 8.69. The lowest BCUT2D eigenvalue weighted by Crippen LogP contribution is -2.73. The number of aromatic nitrogens is 1. The van der Waals surface area contributed by atoms with Crippen LogP contribution in [0.3, 0.4) is 0 Å². The number of morpholine rings is 1. The van der Waals surface area contributed by atoms with Gasteiger partial charge in [0.05, 0.1) is 18.1 Å². The standard InChI is InChI=1S/C25H38F3N5O3S/c1-4-5-8-33-21(34)18(15-17(2)3)29-22(35)24(33)6-9-31(10-7-24)16-19-20(25(26,27)28)30-23(37-19)32-11-13-36-14-12-32/h17-18H,4-16H2,1-3H3,(H,29,35). The first kappa shape index (κ1) is 28.1. The summed E-state index contributed by atoms with van der Waals surface area (Å²) >= 11 is 1.09. The second kappa shape index (κ2) is 11.4. The topological polar surface area (TPSA) is 78.0 Å². The number of unbranched alkanes of at least 4 members (excludes halogenated alkanes) is 1. The van der Waals surface area contributed by atoms with E-state index in [2.05, 4.69) is 10.3 Å². The molecule has 208 valence electrons. The van der Waals surface area contributed by atoms with Gasteiger partial charge < -0.3 is 19.9 Å². The summed E-state index contributed by atoms with van der Waals surface area (Å²) < 4.78 is 46.9. The Balaban J connectivity index is 1.49. The molecule has 0 aliphatic carbocycles. The zero-order valence-corrected chi connectivity index (χ0v) is 22.7. The van der Waals surface area contributed by atoms with Crippen molar-refractivity contribution < 1.29 is 27.5 Å². The molecular formula is C25H38F3N5O3S. The van der Waals surface area contributed by atoms with Gasteiger partial charge in [0.25, 0.3) is 0 Å². The fraction of sp³-hybridized carbons (Fsp3) is 0.800. The number of nitrogens with zero attached hydrogens (tertiary/aromatic N) is 4. The number of likely N-dealkylation sites (tertiary alicyclic amines) is 1. The summed E-state index contributed by atoms with van der Waals surface area (Å²) in [5.41, 5.74) is -1.76. The lowest BCUT2D eigenvalue weighted by Gasteiger charge is -2.52. The number of rotatable bonds is 8. The fourth-order valence-corrected chi connectivity index (χ4v) is 6.66. The fourth-order valence-electron chi connectivity index (χ4n) is 5.49. The van der Waals surface area contributed by atoms with E-state index in [1.165, 1.54) is 0 Å². The summed E-state index contributed by atoms with van der Waals surface area (Å²) in [7, 11) is 0. The number of ether oxygens (including phenoxy) is 1. The molecule has 1 atom stereocenters. The third kappa shape index (κ3) is 6.06. The minimum absolute atomic E-state index is 0.0350. The third-order valence-corrected chi connectivity index (χ3v) is 8.64. The maximum atomic E-state index is 13.8. The van der Waals surface area contributed by atoms with E-state index in [4.69, 9.17) is 4.74 Å². The second-order valence-electron chi connectivity index (χ2n) is 10.7. The Morgan fingerprint density at radius 1 is 1.16 bits per heavy atom. The number of thiazole rings is 1. The average Bonchev–Trinajstić information content (AvgIpc) is 3.29. The van der Waals surface area contributed by atoms with Crippen LogP contribution < -0.4 is 10.2 Å². The molecule has 1 unspecified atom stereocenters. The Labute approximate surface area is 220 Å². The molecular weight excluding hydrogens is 507 g/mol. The van der Waals surface area contributed by atoms with Crippen LogP contribution in [0.1, 0.15) is 63.4 Å². The Bertz CT molecular complexity index is 956. The van der Waals surface area contributed by atoms with Crippen molar-refractivity contribution in [1.29, 1.82) is 0 Å². The number of anilines is 1. The van der Waals surface area contributed by atoms with Crippen LogP contribution in [0.25, 0.3) is 0 Å². The van der Waals surface area contributed by atoms with Crippen molar-refractivity contribution >= 4 is 28.3 Å². The molecule has 0 radical (unpaired) electrons. The van der Waals surface area contributed by atoms with E-state index in [9.17, 15) is 22.8 Å². The maximum Gasteiger partial charge on any atom is 0.434 e. The molecule has 3 aliphatic heterocycles. The molecule has 1 N–H and O–H groups in total. The minimum Gasteiger partial charge on any atom is -0.378 e. The number of nitrogens with one attached hydrogen (secondary N) is 1.